The number of hydrogen-bond acceptors (Lipinski definition) is 2. The van der Waals surface area contributed by atoms with Crippen molar-refractivity contribution < 1.29 is 0 Å². The number of nitrogens with one attached hydrogen (secondary N) is 1. The van der Waals surface area contributed by atoms with Crippen LogP contribution in [0.2, 0.25) is 0 Å². The van der Waals surface area contributed by atoms with Gasteiger partial charge in [0, 0.05) is 0 Å². The lowest BCUT2D eigenvalue weighted by Crippen LogP contribution is -2.48. The maximum atomic E-state index is 3.79. The van der Waals surface area contributed by atoms with E-state index in [0.717, 1.165) is 5.92 Å². The van der Waals surface area contributed by atoms with Crippen molar-refractivity contribution in [1.82, 2.24) is 5.32 Å². The molecule has 1 saturated carbocycles. The van der Waals surface area contributed by atoms with E-state index in [1.54, 1.807) is 0 Å². The van der Waals surface area contributed by atoms with Crippen molar-refractivity contribution in [1.29, 1.82) is 0 Å². The molecule has 1 saturated heterocycles. The van der Waals surface area contributed by atoms with Crippen molar-refractivity contribution in [2.75, 3.05) is 12.3 Å². The standard InChI is InChI=1S/C11H21NS/c1-10-8-12-11(13-9-10)6-4-2-3-5-7-11/h10,12H,2-9H2,1H3. The molecule has 1 aliphatic heterocycles. The molecule has 0 aromatic carbocycles. The van der Waals surface area contributed by atoms with E-state index in [1.807, 2.05) is 0 Å². The third kappa shape index (κ3) is 2.41. The fourth-order valence-corrected chi connectivity index (χ4v) is 3.88. The predicted octanol–water partition coefficient (Wildman–Crippen LogP) is 3.01. The molecule has 0 bridgehead atoms. The maximum absolute atomic E-state index is 3.79. The molecular formula is C11H21NS. The molecule has 1 unspecified atom stereocenters. The molecule has 2 rings (SSSR count). The Morgan fingerprint density at radius 3 is 2.38 bits per heavy atom. The summed E-state index contributed by atoms with van der Waals surface area (Å²) < 4.78 is 0. The highest BCUT2D eigenvalue weighted by molar-refractivity contribution is 8.00. The van der Waals surface area contributed by atoms with Crippen LogP contribution in [0.3, 0.4) is 0 Å². The lowest BCUT2D eigenvalue weighted by Gasteiger charge is -2.39. The van der Waals surface area contributed by atoms with Gasteiger partial charge in [-0.05, 0) is 31.1 Å². The minimum atomic E-state index is 0.489. The molecule has 76 valence electrons. The summed E-state index contributed by atoms with van der Waals surface area (Å²) in [7, 11) is 0. The fourth-order valence-electron chi connectivity index (χ4n) is 2.39. The monoisotopic (exact) mass is 199 g/mol. The van der Waals surface area contributed by atoms with Gasteiger partial charge in [-0.1, -0.05) is 32.6 Å². The number of rotatable bonds is 0. The Hall–Kier alpha value is 0.310. The molecule has 2 aliphatic rings. The van der Waals surface area contributed by atoms with Crippen molar-refractivity contribution in [3.8, 4) is 0 Å². The van der Waals surface area contributed by atoms with Gasteiger partial charge in [-0.25, -0.2) is 0 Å². The summed E-state index contributed by atoms with van der Waals surface area (Å²) in [5, 5.41) is 3.79. The van der Waals surface area contributed by atoms with Gasteiger partial charge in [0.1, 0.15) is 0 Å². The summed E-state index contributed by atoms with van der Waals surface area (Å²) in [5.41, 5.74) is 0. The average molecular weight is 199 g/mol. The lowest BCUT2D eigenvalue weighted by molar-refractivity contribution is 0.373. The van der Waals surface area contributed by atoms with Crippen LogP contribution in [-0.4, -0.2) is 17.2 Å². The molecular weight excluding hydrogens is 178 g/mol. The molecule has 1 atom stereocenters. The van der Waals surface area contributed by atoms with E-state index in [2.05, 4.69) is 24.0 Å². The van der Waals surface area contributed by atoms with Crippen molar-refractivity contribution in [3.63, 3.8) is 0 Å². The molecule has 2 fully saturated rings. The summed E-state index contributed by atoms with van der Waals surface area (Å²) in [5.74, 6) is 2.24. The predicted molar refractivity (Wildman–Crippen MR) is 60.1 cm³/mol. The van der Waals surface area contributed by atoms with Gasteiger partial charge < -0.3 is 5.32 Å². The average Bonchev–Trinajstić information content (AvgIpc) is 2.37. The summed E-state index contributed by atoms with van der Waals surface area (Å²) >= 11 is 2.20. The van der Waals surface area contributed by atoms with E-state index in [1.165, 1.54) is 50.8 Å². The molecule has 1 heterocycles. The van der Waals surface area contributed by atoms with E-state index in [0.29, 0.717) is 4.87 Å². The van der Waals surface area contributed by atoms with Crippen LogP contribution in [0.4, 0.5) is 0 Å². The van der Waals surface area contributed by atoms with Crippen molar-refractivity contribution in [2.24, 2.45) is 5.92 Å². The summed E-state index contributed by atoms with van der Waals surface area (Å²) in [6, 6.07) is 0. The van der Waals surface area contributed by atoms with E-state index in [4.69, 9.17) is 0 Å². The molecule has 13 heavy (non-hydrogen) atoms. The van der Waals surface area contributed by atoms with Gasteiger partial charge in [-0.2, -0.15) is 0 Å². The van der Waals surface area contributed by atoms with Crippen LogP contribution in [0.15, 0.2) is 0 Å². The normalized spacial score (nSPS) is 34.4. The van der Waals surface area contributed by atoms with Gasteiger partial charge in [0.15, 0.2) is 0 Å². The van der Waals surface area contributed by atoms with Gasteiger partial charge >= 0.3 is 0 Å². The molecule has 2 heteroatoms. The molecule has 0 amide bonds. The Kier molecular flexibility index (Phi) is 3.20. The van der Waals surface area contributed by atoms with Crippen molar-refractivity contribution >= 4 is 11.8 Å². The maximum Gasteiger partial charge on any atom is 0.0645 e. The van der Waals surface area contributed by atoms with Gasteiger partial charge in [0.2, 0.25) is 0 Å². The zero-order valence-electron chi connectivity index (χ0n) is 8.64. The van der Waals surface area contributed by atoms with Gasteiger partial charge in [-0.15, -0.1) is 11.8 Å². The first-order valence-electron chi connectivity index (χ1n) is 5.70. The third-order valence-electron chi connectivity index (χ3n) is 3.33. The minimum absolute atomic E-state index is 0.489. The Balaban J connectivity index is 1.93. The molecule has 1 aliphatic carbocycles. The minimum Gasteiger partial charge on any atom is -0.303 e. The summed E-state index contributed by atoms with van der Waals surface area (Å²) in [6.45, 7) is 3.59. The van der Waals surface area contributed by atoms with Crippen molar-refractivity contribution in [3.05, 3.63) is 0 Å². The fraction of sp³-hybridized carbons (Fsp3) is 1.00. The zero-order chi connectivity index (χ0) is 9.15. The van der Waals surface area contributed by atoms with Crippen LogP contribution in [0.1, 0.15) is 45.4 Å². The highest BCUT2D eigenvalue weighted by atomic mass is 32.2. The Morgan fingerprint density at radius 2 is 1.85 bits per heavy atom. The summed E-state index contributed by atoms with van der Waals surface area (Å²) in [4.78, 5) is 0.489. The Morgan fingerprint density at radius 1 is 1.15 bits per heavy atom. The second kappa shape index (κ2) is 4.22. The van der Waals surface area contributed by atoms with Gasteiger partial charge in [0.05, 0.1) is 4.87 Å². The van der Waals surface area contributed by atoms with Gasteiger partial charge in [0.25, 0.3) is 0 Å². The van der Waals surface area contributed by atoms with E-state index in [-0.39, 0.29) is 0 Å². The lowest BCUT2D eigenvalue weighted by atomic mass is 10.1. The highest BCUT2D eigenvalue weighted by Gasteiger charge is 2.34. The number of hydrogen-bond donors (Lipinski definition) is 1. The molecule has 0 radical (unpaired) electrons. The first-order valence-corrected chi connectivity index (χ1v) is 6.68. The first-order chi connectivity index (χ1) is 6.31. The topological polar surface area (TPSA) is 12.0 Å². The highest BCUT2D eigenvalue weighted by Crippen LogP contribution is 2.39. The molecule has 1 nitrogen and oxygen atoms in total. The number of thioether (sulfide) groups is 1. The largest absolute Gasteiger partial charge is 0.303 e. The third-order valence-corrected chi connectivity index (χ3v) is 5.17. The molecule has 0 aromatic rings. The second-order valence-corrected chi connectivity index (χ2v) is 6.11. The first kappa shape index (κ1) is 9.85. The summed E-state index contributed by atoms with van der Waals surface area (Å²) in [6.07, 6.45) is 8.61. The van der Waals surface area contributed by atoms with Gasteiger partial charge in [-0.3, -0.25) is 0 Å². The smallest absolute Gasteiger partial charge is 0.0645 e. The van der Waals surface area contributed by atoms with Crippen molar-refractivity contribution in [2.45, 2.75) is 50.3 Å². The van der Waals surface area contributed by atoms with Crippen LogP contribution >= 0.6 is 11.8 Å². The molecule has 1 spiro atoms. The van der Waals surface area contributed by atoms with Crippen LogP contribution in [0.25, 0.3) is 0 Å². The van der Waals surface area contributed by atoms with E-state index < -0.39 is 0 Å². The SMILES string of the molecule is CC1CNC2(CCCCCC2)SC1. The quantitative estimate of drug-likeness (QED) is 0.643. The Bertz CT molecular complexity index is 151. The van der Waals surface area contributed by atoms with Crippen LogP contribution in [-0.2, 0) is 0 Å². The second-order valence-electron chi connectivity index (χ2n) is 4.71. The Labute approximate surface area is 86.0 Å². The molecule has 0 aromatic heterocycles. The van der Waals surface area contributed by atoms with Crippen LogP contribution < -0.4 is 5.32 Å². The van der Waals surface area contributed by atoms with E-state index in [9.17, 15) is 0 Å². The van der Waals surface area contributed by atoms with E-state index >= 15 is 0 Å². The zero-order valence-corrected chi connectivity index (χ0v) is 9.46. The van der Waals surface area contributed by atoms with Crippen LogP contribution in [0.5, 0.6) is 0 Å². The van der Waals surface area contributed by atoms with Crippen LogP contribution in [0, 0.1) is 5.92 Å². The molecule has 1 N–H and O–H groups in total.